The lowest BCUT2D eigenvalue weighted by Gasteiger charge is -2.30. The van der Waals surface area contributed by atoms with Crippen molar-refractivity contribution in [3.05, 3.63) is 18.1 Å². The largest absolute Gasteiger partial charge is 0.395 e. The molecule has 1 atom stereocenters. The smallest absolute Gasteiger partial charge is 0.150 e. The Balaban J connectivity index is 2.19. The van der Waals surface area contributed by atoms with Crippen LogP contribution in [0.2, 0.25) is 0 Å². The third-order valence-electron chi connectivity index (χ3n) is 3.36. The van der Waals surface area contributed by atoms with E-state index in [-0.39, 0.29) is 11.5 Å². The minimum absolute atomic E-state index is 0.190. The first-order valence-corrected chi connectivity index (χ1v) is 10.1. The average molecular weight is 393 g/mol. The standard InChI is InChI=1S/C11H14FIN5P/c12-8-5-9(17-3-1-15-2-4-17)7-6-16-18(19-13)11(7)10(8)14/h5-6,15,19H,1-4,14H2. The van der Waals surface area contributed by atoms with Gasteiger partial charge in [-0.25, -0.2) is 8.84 Å². The number of piperazine rings is 1. The molecule has 2 heterocycles. The maximum atomic E-state index is 14.1. The molecule has 1 saturated heterocycles. The van der Waals surface area contributed by atoms with Gasteiger partial charge in [0.15, 0.2) is 0 Å². The first-order chi connectivity index (χ1) is 9.22. The molecule has 3 N–H and O–H groups in total. The summed E-state index contributed by atoms with van der Waals surface area (Å²) in [7, 11) is 0. The highest BCUT2D eigenvalue weighted by Crippen LogP contribution is 2.37. The first kappa shape index (κ1) is 13.3. The molecule has 1 unspecified atom stereocenters. The fraction of sp³-hybridized carbons (Fsp3) is 0.364. The molecule has 5 nitrogen and oxygen atoms in total. The van der Waals surface area contributed by atoms with Gasteiger partial charge >= 0.3 is 0 Å². The predicted molar refractivity (Wildman–Crippen MR) is 86.9 cm³/mol. The molecule has 0 amide bonds. The maximum Gasteiger partial charge on any atom is 0.150 e. The number of benzene rings is 1. The molecule has 8 heteroatoms. The molecule has 0 aliphatic carbocycles. The summed E-state index contributed by atoms with van der Waals surface area (Å²) in [5.41, 5.74) is 7.66. The van der Waals surface area contributed by atoms with Gasteiger partial charge in [-0.1, -0.05) is 0 Å². The second kappa shape index (κ2) is 5.38. The fourth-order valence-corrected chi connectivity index (χ4v) is 3.94. The van der Waals surface area contributed by atoms with Crippen LogP contribution in [-0.4, -0.2) is 35.7 Å². The highest BCUT2D eigenvalue weighted by atomic mass is 127. The van der Waals surface area contributed by atoms with Crippen LogP contribution < -0.4 is 16.0 Å². The number of hydrogen-bond acceptors (Lipinski definition) is 4. The number of nitrogens with zero attached hydrogens (tertiary/aromatic N) is 3. The Morgan fingerprint density at radius 1 is 1.42 bits per heavy atom. The molecule has 2 aromatic rings. The van der Waals surface area contributed by atoms with Gasteiger partial charge < -0.3 is 16.0 Å². The van der Waals surface area contributed by atoms with Gasteiger partial charge in [0, 0.05) is 37.6 Å². The molecule has 1 aromatic carbocycles. The highest BCUT2D eigenvalue weighted by Gasteiger charge is 2.19. The molecule has 19 heavy (non-hydrogen) atoms. The van der Waals surface area contributed by atoms with Gasteiger partial charge in [-0.2, -0.15) is 5.10 Å². The van der Waals surface area contributed by atoms with E-state index in [1.165, 1.54) is 6.07 Å². The molecule has 1 aliphatic rings. The summed E-state index contributed by atoms with van der Waals surface area (Å²) in [5, 5.41) is 8.53. The van der Waals surface area contributed by atoms with Crippen LogP contribution in [0.1, 0.15) is 0 Å². The Hall–Kier alpha value is -0.660. The number of nitrogens with one attached hydrogen (secondary N) is 1. The summed E-state index contributed by atoms with van der Waals surface area (Å²) in [6.07, 6.45) is 2.19. The summed E-state index contributed by atoms with van der Waals surface area (Å²) >= 11 is 2.22. The molecule has 3 rings (SSSR count). The van der Waals surface area contributed by atoms with Gasteiger partial charge in [-0.05, 0) is 22.0 Å². The molecule has 0 radical (unpaired) electrons. The molecule has 1 fully saturated rings. The van der Waals surface area contributed by atoms with Crippen molar-refractivity contribution in [3.8, 4) is 0 Å². The van der Waals surface area contributed by atoms with Crippen LogP contribution in [0.25, 0.3) is 10.9 Å². The number of hydrogen-bond donors (Lipinski definition) is 2. The zero-order valence-corrected chi connectivity index (χ0v) is 13.3. The van der Waals surface area contributed by atoms with Crippen molar-refractivity contribution < 1.29 is 4.39 Å². The number of nitrogens with two attached hydrogens (primary N) is 1. The number of halogens is 2. The van der Waals surface area contributed by atoms with Crippen molar-refractivity contribution in [2.45, 2.75) is 0 Å². The average Bonchev–Trinajstić information content (AvgIpc) is 2.88. The van der Waals surface area contributed by atoms with Gasteiger partial charge in [-0.15, -0.1) is 0 Å². The molecule has 0 saturated carbocycles. The minimum atomic E-state index is -0.363. The zero-order valence-electron chi connectivity index (χ0n) is 10.2. The Morgan fingerprint density at radius 2 is 2.16 bits per heavy atom. The zero-order chi connectivity index (χ0) is 13.4. The minimum Gasteiger partial charge on any atom is -0.395 e. The summed E-state index contributed by atoms with van der Waals surface area (Å²) in [5.74, 6) is -0.363. The van der Waals surface area contributed by atoms with Crippen molar-refractivity contribution in [1.29, 1.82) is 0 Å². The van der Waals surface area contributed by atoms with Crippen LogP contribution >= 0.6 is 28.4 Å². The van der Waals surface area contributed by atoms with E-state index < -0.39 is 0 Å². The van der Waals surface area contributed by atoms with Crippen LogP contribution in [0.5, 0.6) is 0 Å². The van der Waals surface area contributed by atoms with E-state index in [0.717, 1.165) is 37.3 Å². The normalized spacial score (nSPS) is 16.8. The van der Waals surface area contributed by atoms with E-state index >= 15 is 0 Å². The van der Waals surface area contributed by atoms with E-state index in [0.29, 0.717) is 11.9 Å². The summed E-state index contributed by atoms with van der Waals surface area (Å²) in [6.45, 7) is 3.57. The van der Waals surface area contributed by atoms with Crippen LogP contribution in [0.4, 0.5) is 15.8 Å². The molecule has 102 valence electrons. The quantitative estimate of drug-likeness (QED) is 0.466. The maximum absolute atomic E-state index is 14.1. The van der Waals surface area contributed by atoms with E-state index in [1.807, 2.05) is 0 Å². The fourth-order valence-electron chi connectivity index (χ4n) is 2.42. The Labute approximate surface area is 125 Å². The van der Waals surface area contributed by atoms with Crippen molar-refractivity contribution in [2.24, 2.45) is 0 Å². The summed E-state index contributed by atoms with van der Waals surface area (Å²) in [6, 6.07) is 1.53. The SMILES string of the molecule is Nc1c(F)cc(N2CCNCC2)c2cnn(PI)c12. The van der Waals surface area contributed by atoms with Gasteiger partial charge in [0.25, 0.3) is 0 Å². The Kier molecular flexibility index (Phi) is 3.77. The van der Waals surface area contributed by atoms with E-state index in [9.17, 15) is 4.39 Å². The third kappa shape index (κ3) is 2.28. The predicted octanol–water partition coefficient (Wildman–Crippen LogP) is 1.96. The lowest BCUT2D eigenvalue weighted by molar-refractivity contribution is 0.587. The third-order valence-corrected chi connectivity index (χ3v) is 5.23. The number of nitrogen functional groups attached to an aromatic ring is 1. The lowest BCUT2D eigenvalue weighted by atomic mass is 10.1. The van der Waals surface area contributed by atoms with Crippen LogP contribution in [0.15, 0.2) is 12.3 Å². The number of fused-ring (bicyclic) bond motifs is 1. The first-order valence-electron chi connectivity index (χ1n) is 6.00. The van der Waals surface area contributed by atoms with Crippen LogP contribution in [0, 0.1) is 5.82 Å². The van der Waals surface area contributed by atoms with Gasteiger partial charge in [-0.3, -0.25) is 0 Å². The molecule has 1 aliphatic heterocycles. The lowest BCUT2D eigenvalue weighted by Crippen LogP contribution is -2.43. The van der Waals surface area contributed by atoms with Crippen molar-refractivity contribution in [2.75, 3.05) is 36.8 Å². The molecular weight excluding hydrogens is 379 g/mol. The molecule has 0 bridgehead atoms. The number of aromatic nitrogens is 2. The van der Waals surface area contributed by atoms with Crippen molar-refractivity contribution >= 4 is 50.7 Å². The Bertz CT molecular complexity index is 611. The second-order valence-corrected chi connectivity index (χ2v) is 6.47. The topological polar surface area (TPSA) is 59.1 Å². The van der Waals surface area contributed by atoms with E-state index in [4.69, 9.17) is 5.73 Å². The molecule has 1 aromatic heterocycles. The van der Waals surface area contributed by atoms with E-state index in [1.54, 1.807) is 10.6 Å². The number of anilines is 2. The monoisotopic (exact) mass is 393 g/mol. The van der Waals surface area contributed by atoms with Gasteiger partial charge in [0.2, 0.25) is 0 Å². The molecule has 0 spiro atoms. The van der Waals surface area contributed by atoms with Gasteiger partial charge in [0.1, 0.15) is 11.3 Å². The Morgan fingerprint density at radius 3 is 2.84 bits per heavy atom. The second-order valence-electron chi connectivity index (χ2n) is 4.43. The van der Waals surface area contributed by atoms with Gasteiger partial charge in [0.05, 0.1) is 23.9 Å². The van der Waals surface area contributed by atoms with E-state index in [2.05, 4.69) is 37.4 Å². The van der Waals surface area contributed by atoms with Crippen molar-refractivity contribution in [3.63, 3.8) is 0 Å². The highest BCUT2D eigenvalue weighted by molar-refractivity contribution is 14.2. The van der Waals surface area contributed by atoms with Crippen LogP contribution in [0.3, 0.4) is 0 Å². The summed E-state index contributed by atoms with van der Waals surface area (Å²) in [4.78, 5) is 2.18. The van der Waals surface area contributed by atoms with Crippen LogP contribution in [-0.2, 0) is 0 Å². The molecular formula is C11H14FIN5P. The van der Waals surface area contributed by atoms with Crippen molar-refractivity contribution in [1.82, 2.24) is 14.9 Å². The summed E-state index contributed by atoms with van der Waals surface area (Å²) < 4.78 is 15.8. The number of rotatable bonds is 2.